The summed E-state index contributed by atoms with van der Waals surface area (Å²) in [4.78, 5) is 14.3. The molecule has 0 saturated carbocycles. The highest BCUT2D eigenvalue weighted by molar-refractivity contribution is 5.94. The maximum Gasteiger partial charge on any atom is 0.251 e. The van der Waals surface area contributed by atoms with Gasteiger partial charge in [-0.15, -0.1) is 0 Å². The highest BCUT2D eigenvalue weighted by atomic mass is 19.1. The van der Waals surface area contributed by atoms with Crippen LogP contribution in [0.5, 0.6) is 5.75 Å². The standard InChI is InChI=1S/C19H23FN2O2/c1-13-9-10-14(11-16(13)20)19(23)21-12-17(22(2)3)15-7-5-6-8-18(15)24-4/h5-11,17H,12H2,1-4H3,(H,21,23). The molecule has 1 amide bonds. The summed E-state index contributed by atoms with van der Waals surface area (Å²) in [5.41, 5.74) is 1.82. The molecule has 0 fully saturated rings. The number of nitrogens with zero attached hydrogens (tertiary/aromatic N) is 1. The summed E-state index contributed by atoms with van der Waals surface area (Å²) in [5.74, 6) is 0.0963. The summed E-state index contributed by atoms with van der Waals surface area (Å²) in [6.07, 6.45) is 0. The van der Waals surface area contributed by atoms with E-state index in [1.54, 1.807) is 26.2 Å². The zero-order chi connectivity index (χ0) is 17.7. The Morgan fingerprint density at radius 3 is 2.58 bits per heavy atom. The maximum atomic E-state index is 13.6. The Kier molecular flexibility index (Phi) is 5.93. The van der Waals surface area contributed by atoms with Gasteiger partial charge in [-0.3, -0.25) is 4.79 Å². The molecule has 2 aromatic rings. The van der Waals surface area contributed by atoms with Crippen LogP contribution in [-0.4, -0.2) is 38.6 Å². The van der Waals surface area contributed by atoms with Crippen LogP contribution in [0.3, 0.4) is 0 Å². The molecule has 128 valence electrons. The third-order valence-corrected chi connectivity index (χ3v) is 4.01. The molecule has 2 rings (SSSR count). The first-order valence-corrected chi connectivity index (χ1v) is 7.77. The van der Waals surface area contributed by atoms with Gasteiger partial charge in [-0.05, 0) is 44.8 Å². The Morgan fingerprint density at radius 1 is 1.25 bits per heavy atom. The van der Waals surface area contributed by atoms with Gasteiger partial charge >= 0.3 is 0 Å². The van der Waals surface area contributed by atoms with E-state index < -0.39 is 0 Å². The summed E-state index contributed by atoms with van der Waals surface area (Å²) in [6.45, 7) is 2.06. The van der Waals surface area contributed by atoms with Crippen LogP contribution in [0, 0.1) is 12.7 Å². The van der Waals surface area contributed by atoms with Gasteiger partial charge in [0.25, 0.3) is 5.91 Å². The number of rotatable bonds is 6. The van der Waals surface area contributed by atoms with E-state index in [0.29, 0.717) is 17.7 Å². The second-order valence-corrected chi connectivity index (χ2v) is 5.90. The number of carbonyl (C=O) groups excluding carboxylic acids is 1. The number of carbonyl (C=O) groups is 1. The minimum atomic E-state index is -0.378. The van der Waals surface area contributed by atoms with Gasteiger partial charge in [0.1, 0.15) is 11.6 Å². The van der Waals surface area contributed by atoms with Gasteiger partial charge < -0.3 is 15.0 Å². The number of aryl methyl sites for hydroxylation is 1. The summed E-state index contributed by atoms with van der Waals surface area (Å²) >= 11 is 0. The highest BCUT2D eigenvalue weighted by Crippen LogP contribution is 2.27. The number of hydrogen-bond acceptors (Lipinski definition) is 3. The summed E-state index contributed by atoms with van der Waals surface area (Å²) < 4.78 is 19.0. The van der Waals surface area contributed by atoms with E-state index in [9.17, 15) is 9.18 Å². The van der Waals surface area contributed by atoms with Crippen molar-refractivity contribution >= 4 is 5.91 Å². The predicted octanol–water partition coefficient (Wildman–Crippen LogP) is 3.18. The first-order valence-electron chi connectivity index (χ1n) is 7.77. The fourth-order valence-electron chi connectivity index (χ4n) is 2.54. The SMILES string of the molecule is COc1ccccc1C(CNC(=O)c1ccc(C)c(F)c1)N(C)C. The van der Waals surface area contributed by atoms with Crippen LogP contribution in [0.2, 0.25) is 0 Å². The topological polar surface area (TPSA) is 41.6 Å². The summed E-state index contributed by atoms with van der Waals surface area (Å²) in [7, 11) is 5.50. The molecule has 0 saturated heterocycles. The summed E-state index contributed by atoms with van der Waals surface area (Å²) in [5, 5.41) is 2.87. The predicted molar refractivity (Wildman–Crippen MR) is 92.9 cm³/mol. The lowest BCUT2D eigenvalue weighted by atomic mass is 10.0. The van der Waals surface area contributed by atoms with Crippen molar-refractivity contribution in [3.8, 4) is 5.75 Å². The Hall–Kier alpha value is -2.40. The molecular weight excluding hydrogens is 307 g/mol. The van der Waals surface area contributed by atoms with Crippen LogP contribution in [0.15, 0.2) is 42.5 Å². The molecule has 1 N–H and O–H groups in total. The molecule has 0 heterocycles. The number of benzene rings is 2. The average molecular weight is 330 g/mol. The van der Waals surface area contributed by atoms with Crippen LogP contribution in [0.25, 0.3) is 0 Å². The van der Waals surface area contributed by atoms with Crippen molar-refractivity contribution in [3.63, 3.8) is 0 Å². The molecule has 24 heavy (non-hydrogen) atoms. The van der Waals surface area contributed by atoms with Gasteiger partial charge in [-0.25, -0.2) is 4.39 Å². The molecule has 1 atom stereocenters. The van der Waals surface area contributed by atoms with Gasteiger partial charge in [-0.2, -0.15) is 0 Å². The number of methoxy groups -OCH3 is 1. The van der Waals surface area contributed by atoms with Crippen molar-refractivity contribution in [2.45, 2.75) is 13.0 Å². The molecule has 0 aliphatic carbocycles. The van der Waals surface area contributed by atoms with Gasteiger partial charge in [0, 0.05) is 17.7 Å². The van der Waals surface area contributed by atoms with Crippen molar-refractivity contribution in [2.24, 2.45) is 0 Å². The number of likely N-dealkylation sites (N-methyl/N-ethyl adjacent to an activating group) is 1. The lowest BCUT2D eigenvalue weighted by Gasteiger charge is -2.26. The van der Waals surface area contributed by atoms with Crippen molar-refractivity contribution in [3.05, 3.63) is 65.0 Å². The zero-order valence-electron chi connectivity index (χ0n) is 14.5. The molecule has 0 spiro atoms. The van der Waals surface area contributed by atoms with Gasteiger partial charge in [0.2, 0.25) is 0 Å². The van der Waals surface area contributed by atoms with Crippen LogP contribution in [0.1, 0.15) is 27.5 Å². The van der Waals surface area contributed by atoms with Crippen LogP contribution in [0.4, 0.5) is 4.39 Å². The Bertz CT molecular complexity index is 716. The second-order valence-electron chi connectivity index (χ2n) is 5.90. The second kappa shape index (κ2) is 7.93. The fourth-order valence-corrected chi connectivity index (χ4v) is 2.54. The Balaban J connectivity index is 2.14. The van der Waals surface area contributed by atoms with E-state index in [2.05, 4.69) is 5.32 Å². The number of amides is 1. The number of para-hydroxylation sites is 1. The van der Waals surface area contributed by atoms with Crippen LogP contribution in [-0.2, 0) is 0 Å². The van der Waals surface area contributed by atoms with Gasteiger partial charge in [0.15, 0.2) is 0 Å². The minimum absolute atomic E-state index is 0.0552. The van der Waals surface area contributed by atoms with Crippen LogP contribution < -0.4 is 10.1 Å². The van der Waals surface area contributed by atoms with Crippen molar-refractivity contribution in [2.75, 3.05) is 27.7 Å². The van der Waals surface area contributed by atoms with E-state index in [-0.39, 0.29) is 17.8 Å². The van der Waals surface area contributed by atoms with E-state index in [4.69, 9.17) is 4.74 Å². The number of nitrogens with one attached hydrogen (secondary N) is 1. The Morgan fingerprint density at radius 2 is 1.96 bits per heavy atom. The quantitative estimate of drug-likeness (QED) is 0.884. The van der Waals surface area contributed by atoms with Gasteiger partial charge in [0.05, 0.1) is 13.2 Å². The van der Waals surface area contributed by atoms with Crippen molar-refractivity contribution in [1.82, 2.24) is 10.2 Å². The third kappa shape index (κ3) is 4.11. The largest absolute Gasteiger partial charge is 0.496 e. The number of ether oxygens (including phenoxy) is 1. The Labute approximate surface area is 142 Å². The van der Waals surface area contributed by atoms with Gasteiger partial charge in [-0.1, -0.05) is 24.3 Å². The third-order valence-electron chi connectivity index (χ3n) is 4.01. The van der Waals surface area contributed by atoms with E-state index in [1.165, 1.54) is 6.07 Å². The van der Waals surface area contributed by atoms with Crippen LogP contribution >= 0.6 is 0 Å². The molecule has 4 nitrogen and oxygen atoms in total. The monoisotopic (exact) mass is 330 g/mol. The summed E-state index contributed by atoms with van der Waals surface area (Å²) in [6, 6.07) is 12.1. The lowest BCUT2D eigenvalue weighted by molar-refractivity contribution is 0.0941. The lowest BCUT2D eigenvalue weighted by Crippen LogP contribution is -2.34. The van der Waals surface area contributed by atoms with E-state index in [0.717, 1.165) is 11.3 Å². The smallest absolute Gasteiger partial charge is 0.251 e. The first-order chi connectivity index (χ1) is 11.4. The van der Waals surface area contributed by atoms with Crippen molar-refractivity contribution in [1.29, 1.82) is 0 Å². The molecule has 5 heteroatoms. The molecule has 0 aliphatic rings. The molecule has 1 unspecified atom stereocenters. The average Bonchev–Trinajstić information content (AvgIpc) is 2.57. The highest BCUT2D eigenvalue weighted by Gasteiger charge is 2.19. The minimum Gasteiger partial charge on any atom is -0.496 e. The van der Waals surface area contributed by atoms with E-state index in [1.807, 2.05) is 43.3 Å². The molecular formula is C19H23FN2O2. The van der Waals surface area contributed by atoms with E-state index >= 15 is 0 Å². The zero-order valence-corrected chi connectivity index (χ0v) is 14.5. The molecule has 0 bridgehead atoms. The number of halogens is 1. The molecule has 0 aromatic heterocycles. The molecule has 0 radical (unpaired) electrons. The van der Waals surface area contributed by atoms with Crippen molar-refractivity contribution < 1.29 is 13.9 Å². The fraction of sp³-hybridized carbons (Fsp3) is 0.316. The molecule has 0 aliphatic heterocycles. The maximum absolute atomic E-state index is 13.6. The number of hydrogen-bond donors (Lipinski definition) is 1. The first kappa shape index (κ1) is 17.9. The molecule has 2 aromatic carbocycles. The normalized spacial score (nSPS) is 12.1.